The molecule has 0 amide bonds. The van der Waals surface area contributed by atoms with Crippen molar-refractivity contribution < 1.29 is 13.9 Å². The average Bonchev–Trinajstić information content (AvgIpc) is 2.68. The molecule has 4 N–H and O–H groups in total. The van der Waals surface area contributed by atoms with E-state index >= 15 is 0 Å². The molecular weight excluding hydrogens is 383 g/mol. The fraction of sp³-hybridized carbons (Fsp3) is 0.300. The number of methoxy groups -OCH3 is 1. The molecule has 0 bridgehead atoms. The maximum absolute atomic E-state index is 13.5. The molecule has 8 heteroatoms. The summed E-state index contributed by atoms with van der Waals surface area (Å²) in [4.78, 5) is 8.49. The minimum absolute atomic E-state index is 0.205. The van der Waals surface area contributed by atoms with Crippen molar-refractivity contribution in [1.82, 2.24) is 4.98 Å². The summed E-state index contributed by atoms with van der Waals surface area (Å²) in [5.41, 5.74) is 13.5. The van der Waals surface area contributed by atoms with Crippen LogP contribution in [0.4, 0.5) is 10.2 Å². The minimum Gasteiger partial charge on any atom is -0.482 e. The third-order valence-corrected chi connectivity index (χ3v) is 4.30. The number of aromatic nitrogens is 1. The van der Waals surface area contributed by atoms with Crippen LogP contribution < -0.4 is 16.2 Å². The summed E-state index contributed by atoms with van der Waals surface area (Å²) in [5, 5.41) is 0.405. The van der Waals surface area contributed by atoms with Gasteiger partial charge in [-0.1, -0.05) is 11.6 Å². The maximum atomic E-state index is 13.5. The second-order valence-corrected chi connectivity index (χ2v) is 6.44. The second-order valence-electron chi connectivity index (χ2n) is 6.04. The summed E-state index contributed by atoms with van der Waals surface area (Å²) < 4.78 is 24.4. The normalized spacial score (nSPS) is 13.1. The Bertz CT molecular complexity index is 858. The van der Waals surface area contributed by atoms with Gasteiger partial charge in [0.25, 0.3) is 0 Å². The number of ether oxygens (including phenoxy) is 2. The zero-order valence-electron chi connectivity index (χ0n) is 15.9. The number of nitrogen functional groups attached to an aromatic ring is 1. The van der Waals surface area contributed by atoms with Gasteiger partial charge >= 0.3 is 0 Å². The van der Waals surface area contributed by atoms with Gasteiger partial charge in [-0.05, 0) is 37.6 Å². The Morgan fingerprint density at radius 2 is 2.18 bits per heavy atom. The zero-order valence-corrected chi connectivity index (χ0v) is 16.6. The molecule has 1 atom stereocenters. The summed E-state index contributed by atoms with van der Waals surface area (Å²) in [5.74, 6) is 0.154. The van der Waals surface area contributed by atoms with E-state index in [1.807, 2.05) is 0 Å². The lowest BCUT2D eigenvalue weighted by Gasteiger charge is -2.18. The standard InChI is InChI=1S/C20H24ClFN4O2/c1-13(17-9-16(22)4-5-18(17)21)28-19-8-14(12-26-20(19)24)15(10-23)11-25-6-3-7-27-2/h4-5,8-13H,3,6-7,23H2,1-2H3,(H2,24,26). The van der Waals surface area contributed by atoms with Gasteiger partial charge in [-0.2, -0.15) is 0 Å². The number of rotatable bonds is 9. The highest BCUT2D eigenvalue weighted by Gasteiger charge is 2.15. The number of benzene rings is 1. The quantitative estimate of drug-likeness (QED) is 0.484. The van der Waals surface area contributed by atoms with Crippen molar-refractivity contribution >= 4 is 29.2 Å². The smallest absolute Gasteiger partial charge is 0.166 e. The van der Waals surface area contributed by atoms with Crippen LogP contribution in [-0.2, 0) is 4.74 Å². The molecule has 1 unspecified atom stereocenters. The highest BCUT2D eigenvalue weighted by molar-refractivity contribution is 6.31. The lowest BCUT2D eigenvalue weighted by atomic mass is 10.1. The number of nitrogens with two attached hydrogens (primary N) is 2. The molecule has 2 rings (SSSR count). The van der Waals surface area contributed by atoms with Crippen LogP contribution in [0.15, 0.2) is 41.7 Å². The molecular formula is C20H24ClFN4O2. The molecule has 0 radical (unpaired) electrons. The Labute approximate surface area is 169 Å². The SMILES string of the molecule is COCCCN=CC(=CN)c1cnc(N)c(OC(C)c2cc(F)ccc2Cl)c1. The number of allylic oxidation sites excluding steroid dienone is 1. The van der Waals surface area contributed by atoms with Gasteiger partial charge in [0.05, 0.1) is 0 Å². The van der Waals surface area contributed by atoms with Crippen molar-refractivity contribution in [3.63, 3.8) is 0 Å². The Morgan fingerprint density at radius 3 is 2.89 bits per heavy atom. The van der Waals surface area contributed by atoms with Gasteiger partial charge in [0.15, 0.2) is 11.6 Å². The first-order chi connectivity index (χ1) is 13.5. The fourth-order valence-corrected chi connectivity index (χ4v) is 2.74. The van der Waals surface area contributed by atoms with Gasteiger partial charge in [-0.25, -0.2) is 9.37 Å². The molecule has 0 spiro atoms. The van der Waals surface area contributed by atoms with E-state index in [2.05, 4.69) is 9.98 Å². The number of nitrogens with zero attached hydrogens (tertiary/aromatic N) is 2. The number of hydrogen-bond donors (Lipinski definition) is 2. The molecule has 0 saturated carbocycles. The molecule has 1 heterocycles. The molecule has 1 aromatic heterocycles. The molecule has 0 fully saturated rings. The van der Waals surface area contributed by atoms with Crippen molar-refractivity contribution in [3.05, 3.63) is 58.6 Å². The molecule has 0 aliphatic heterocycles. The summed E-state index contributed by atoms with van der Waals surface area (Å²) in [7, 11) is 1.65. The van der Waals surface area contributed by atoms with Crippen molar-refractivity contribution in [2.45, 2.75) is 19.4 Å². The number of halogens is 2. The first kappa shape index (κ1) is 21.7. The van der Waals surface area contributed by atoms with Crippen LogP contribution in [0.1, 0.15) is 30.6 Å². The van der Waals surface area contributed by atoms with Gasteiger partial charge in [-0.3, -0.25) is 4.99 Å². The Balaban J connectivity index is 2.19. The van der Waals surface area contributed by atoms with Crippen LogP contribution in [0.5, 0.6) is 5.75 Å². The molecule has 0 saturated heterocycles. The third kappa shape index (κ3) is 5.94. The average molecular weight is 407 g/mol. The molecule has 150 valence electrons. The van der Waals surface area contributed by atoms with Gasteiger partial charge in [-0.15, -0.1) is 0 Å². The van der Waals surface area contributed by atoms with Crippen LogP contribution >= 0.6 is 11.6 Å². The van der Waals surface area contributed by atoms with Crippen LogP contribution in [0.2, 0.25) is 5.02 Å². The largest absolute Gasteiger partial charge is 0.482 e. The zero-order chi connectivity index (χ0) is 20.5. The predicted octanol–water partition coefficient (Wildman–Crippen LogP) is 4.00. The Kier molecular flexibility index (Phi) is 8.22. The minimum atomic E-state index is -0.532. The van der Waals surface area contributed by atoms with Crippen LogP contribution in [0, 0.1) is 5.82 Å². The molecule has 2 aromatic rings. The van der Waals surface area contributed by atoms with Crippen molar-refractivity contribution in [2.24, 2.45) is 10.7 Å². The highest BCUT2D eigenvalue weighted by atomic mass is 35.5. The molecule has 0 aliphatic carbocycles. The lowest BCUT2D eigenvalue weighted by molar-refractivity contribution is 0.197. The van der Waals surface area contributed by atoms with E-state index in [4.69, 9.17) is 32.5 Å². The molecule has 28 heavy (non-hydrogen) atoms. The topological polar surface area (TPSA) is 95.8 Å². The number of hydrogen-bond acceptors (Lipinski definition) is 6. The monoisotopic (exact) mass is 406 g/mol. The van der Waals surface area contributed by atoms with Gasteiger partial charge in [0, 0.05) is 60.6 Å². The van der Waals surface area contributed by atoms with Crippen LogP contribution in [0.3, 0.4) is 0 Å². The van der Waals surface area contributed by atoms with E-state index in [1.165, 1.54) is 24.4 Å². The van der Waals surface area contributed by atoms with E-state index in [9.17, 15) is 4.39 Å². The van der Waals surface area contributed by atoms with Crippen LogP contribution in [-0.4, -0.2) is 31.5 Å². The number of pyridine rings is 1. The predicted molar refractivity (Wildman–Crippen MR) is 111 cm³/mol. The highest BCUT2D eigenvalue weighted by Crippen LogP contribution is 2.31. The van der Waals surface area contributed by atoms with Crippen molar-refractivity contribution in [1.29, 1.82) is 0 Å². The van der Waals surface area contributed by atoms with E-state index in [0.29, 0.717) is 40.6 Å². The third-order valence-electron chi connectivity index (χ3n) is 3.96. The van der Waals surface area contributed by atoms with E-state index < -0.39 is 11.9 Å². The summed E-state index contributed by atoms with van der Waals surface area (Å²) >= 11 is 6.15. The second kappa shape index (κ2) is 10.6. The molecule has 0 aliphatic rings. The summed E-state index contributed by atoms with van der Waals surface area (Å²) in [6.07, 6.45) is 4.96. The number of aliphatic imine (C=N–C) groups is 1. The van der Waals surface area contributed by atoms with E-state index in [0.717, 1.165) is 6.42 Å². The molecule has 1 aromatic carbocycles. The van der Waals surface area contributed by atoms with Crippen molar-refractivity contribution in [3.8, 4) is 5.75 Å². The Morgan fingerprint density at radius 1 is 1.39 bits per heavy atom. The summed E-state index contributed by atoms with van der Waals surface area (Å²) in [6.45, 7) is 3.01. The molecule has 6 nitrogen and oxygen atoms in total. The van der Waals surface area contributed by atoms with Gasteiger partial charge < -0.3 is 20.9 Å². The number of anilines is 1. The first-order valence-electron chi connectivity index (χ1n) is 8.74. The first-order valence-corrected chi connectivity index (χ1v) is 9.12. The maximum Gasteiger partial charge on any atom is 0.166 e. The van der Waals surface area contributed by atoms with Gasteiger partial charge in [0.2, 0.25) is 0 Å². The van der Waals surface area contributed by atoms with E-state index in [1.54, 1.807) is 32.5 Å². The Hall–Kier alpha value is -2.64. The van der Waals surface area contributed by atoms with Crippen molar-refractivity contribution in [2.75, 3.05) is 26.0 Å². The lowest BCUT2D eigenvalue weighted by Crippen LogP contribution is -2.07. The van der Waals surface area contributed by atoms with Crippen LogP contribution in [0.25, 0.3) is 5.57 Å². The summed E-state index contributed by atoms with van der Waals surface area (Å²) in [6, 6.07) is 5.82. The fourth-order valence-electron chi connectivity index (χ4n) is 2.46. The van der Waals surface area contributed by atoms with Gasteiger partial charge in [0.1, 0.15) is 11.9 Å². The van der Waals surface area contributed by atoms with E-state index in [-0.39, 0.29) is 5.82 Å².